The lowest BCUT2D eigenvalue weighted by atomic mass is 10.1. The van der Waals surface area contributed by atoms with Crippen molar-refractivity contribution in [2.24, 2.45) is 0 Å². The topological polar surface area (TPSA) is 64.2 Å². The van der Waals surface area contributed by atoms with Gasteiger partial charge >= 0.3 is 5.97 Å². The molecule has 0 amide bonds. The van der Waals surface area contributed by atoms with Crippen LogP contribution in [0.25, 0.3) is 11.3 Å². The van der Waals surface area contributed by atoms with Crippen LogP contribution in [0.15, 0.2) is 24.4 Å². The third-order valence-electron chi connectivity index (χ3n) is 2.42. The lowest BCUT2D eigenvalue weighted by Gasteiger charge is -2.04. The largest absolute Gasteiger partial charge is 0.495 e. The molecule has 1 aromatic carbocycles. The summed E-state index contributed by atoms with van der Waals surface area (Å²) >= 11 is 6.03. The highest BCUT2D eigenvalue weighted by atomic mass is 35.5. The van der Waals surface area contributed by atoms with Crippen molar-refractivity contribution in [1.82, 2.24) is 9.97 Å². The molecule has 0 aliphatic carbocycles. The number of benzene rings is 1. The first kappa shape index (κ1) is 12.4. The molecule has 0 saturated carbocycles. The second kappa shape index (κ2) is 5.10. The van der Waals surface area contributed by atoms with Gasteiger partial charge in [0, 0.05) is 5.56 Å². The first-order valence-electron chi connectivity index (χ1n) is 5.13. The molecule has 2 aromatic rings. The summed E-state index contributed by atoms with van der Waals surface area (Å²) in [6, 6.07) is 5.30. The number of nitrogens with one attached hydrogen (secondary N) is 1. The number of halogens is 1. The Bertz CT molecular complexity index is 580. The van der Waals surface area contributed by atoms with E-state index in [1.54, 1.807) is 25.4 Å². The molecular weight excluding hydrogens is 256 g/mol. The maximum absolute atomic E-state index is 11.3. The summed E-state index contributed by atoms with van der Waals surface area (Å²) in [6.07, 6.45) is 1.55. The number of esters is 1. The molecule has 0 aliphatic heterocycles. The van der Waals surface area contributed by atoms with Crippen LogP contribution in [-0.2, 0) is 4.74 Å². The SMILES string of the molecule is COC(=O)c1ncc(-c2ccc(OC)c(Cl)c2)[nH]1. The summed E-state index contributed by atoms with van der Waals surface area (Å²) < 4.78 is 9.63. The van der Waals surface area contributed by atoms with Crippen LogP contribution in [0.1, 0.15) is 10.6 Å². The average Bonchev–Trinajstić information content (AvgIpc) is 2.87. The molecule has 0 bridgehead atoms. The molecule has 0 unspecified atom stereocenters. The summed E-state index contributed by atoms with van der Waals surface area (Å²) in [5, 5.41) is 0.490. The second-order valence-electron chi connectivity index (χ2n) is 3.49. The molecule has 0 fully saturated rings. The third-order valence-corrected chi connectivity index (χ3v) is 2.71. The zero-order valence-electron chi connectivity index (χ0n) is 9.86. The van der Waals surface area contributed by atoms with Gasteiger partial charge in [0.15, 0.2) is 0 Å². The second-order valence-corrected chi connectivity index (χ2v) is 3.89. The normalized spacial score (nSPS) is 10.2. The number of imidazole rings is 1. The number of ether oxygens (including phenoxy) is 2. The monoisotopic (exact) mass is 266 g/mol. The maximum atomic E-state index is 11.3. The summed E-state index contributed by atoms with van der Waals surface area (Å²) in [7, 11) is 2.85. The molecular formula is C12H11ClN2O3. The maximum Gasteiger partial charge on any atom is 0.374 e. The summed E-state index contributed by atoms with van der Waals surface area (Å²) in [5.74, 6) is 0.230. The molecule has 0 aliphatic rings. The number of rotatable bonds is 3. The van der Waals surface area contributed by atoms with Gasteiger partial charge in [0.25, 0.3) is 0 Å². The fourth-order valence-electron chi connectivity index (χ4n) is 1.50. The fourth-order valence-corrected chi connectivity index (χ4v) is 1.76. The lowest BCUT2D eigenvalue weighted by molar-refractivity contribution is 0.0588. The molecule has 6 heteroatoms. The number of hydrogen-bond acceptors (Lipinski definition) is 4. The number of carbonyl (C=O) groups is 1. The van der Waals surface area contributed by atoms with E-state index in [2.05, 4.69) is 14.7 Å². The molecule has 1 aromatic heterocycles. The van der Waals surface area contributed by atoms with Crippen LogP contribution in [-0.4, -0.2) is 30.2 Å². The van der Waals surface area contributed by atoms with E-state index >= 15 is 0 Å². The van der Waals surface area contributed by atoms with Crippen LogP contribution in [0.2, 0.25) is 5.02 Å². The minimum absolute atomic E-state index is 0.152. The van der Waals surface area contributed by atoms with Crippen molar-refractivity contribution in [3.05, 3.63) is 35.2 Å². The van der Waals surface area contributed by atoms with E-state index in [0.717, 1.165) is 5.56 Å². The number of hydrogen-bond donors (Lipinski definition) is 1. The number of aromatic nitrogens is 2. The Morgan fingerprint density at radius 2 is 2.17 bits per heavy atom. The molecule has 1 heterocycles. The van der Waals surface area contributed by atoms with Crippen molar-refractivity contribution >= 4 is 17.6 Å². The van der Waals surface area contributed by atoms with Gasteiger partial charge in [0.05, 0.1) is 31.1 Å². The zero-order chi connectivity index (χ0) is 13.1. The minimum Gasteiger partial charge on any atom is -0.495 e. The average molecular weight is 267 g/mol. The van der Waals surface area contributed by atoms with Gasteiger partial charge in [-0.3, -0.25) is 0 Å². The molecule has 0 atom stereocenters. The van der Waals surface area contributed by atoms with Gasteiger partial charge in [-0.05, 0) is 18.2 Å². The van der Waals surface area contributed by atoms with Crippen molar-refractivity contribution in [1.29, 1.82) is 0 Å². The van der Waals surface area contributed by atoms with Crippen LogP contribution in [0, 0.1) is 0 Å². The van der Waals surface area contributed by atoms with E-state index in [4.69, 9.17) is 16.3 Å². The van der Waals surface area contributed by atoms with E-state index in [1.807, 2.05) is 6.07 Å². The van der Waals surface area contributed by atoms with Crippen LogP contribution < -0.4 is 4.74 Å². The molecule has 0 spiro atoms. The third kappa shape index (κ3) is 2.31. The van der Waals surface area contributed by atoms with Crippen LogP contribution in [0.3, 0.4) is 0 Å². The van der Waals surface area contributed by atoms with E-state index in [1.165, 1.54) is 7.11 Å². The summed E-state index contributed by atoms with van der Waals surface area (Å²) in [4.78, 5) is 18.1. The molecule has 2 rings (SSSR count). The predicted octanol–water partition coefficient (Wildman–Crippen LogP) is 2.53. The van der Waals surface area contributed by atoms with E-state index in [-0.39, 0.29) is 5.82 Å². The van der Waals surface area contributed by atoms with Gasteiger partial charge in [-0.1, -0.05) is 11.6 Å². The van der Waals surface area contributed by atoms with Crippen LogP contribution >= 0.6 is 11.6 Å². The fraction of sp³-hybridized carbons (Fsp3) is 0.167. The highest BCUT2D eigenvalue weighted by Gasteiger charge is 2.12. The first-order valence-corrected chi connectivity index (χ1v) is 5.50. The highest BCUT2D eigenvalue weighted by Crippen LogP contribution is 2.29. The van der Waals surface area contributed by atoms with Crippen molar-refractivity contribution in [3.8, 4) is 17.0 Å². The molecule has 1 N–H and O–H groups in total. The van der Waals surface area contributed by atoms with Gasteiger partial charge in [-0.2, -0.15) is 0 Å². The number of H-pyrrole nitrogens is 1. The Hall–Kier alpha value is -2.01. The van der Waals surface area contributed by atoms with Crippen LogP contribution in [0.5, 0.6) is 5.75 Å². The molecule has 5 nitrogen and oxygen atoms in total. The quantitative estimate of drug-likeness (QED) is 0.867. The molecule has 0 saturated heterocycles. The minimum atomic E-state index is -0.513. The Labute approximate surface area is 109 Å². The first-order chi connectivity index (χ1) is 8.65. The Morgan fingerprint density at radius 3 is 2.78 bits per heavy atom. The van der Waals surface area contributed by atoms with Gasteiger partial charge in [0.2, 0.25) is 5.82 Å². The standard InChI is InChI=1S/C12H11ClN2O3/c1-17-10-4-3-7(5-8(10)13)9-6-14-11(15-9)12(16)18-2/h3-6H,1-2H3,(H,14,15). The number of carbonyl (C=O) groups excluding carboxylic acids is 1. The molecule has 0 radical (unpaired) electrons. The predicted molar refractivity (Wildman–Crippen MR) is 66.9 cm³/mol. The summed E-state index contributed by atoms with van der Waals surface area (Å²) in [5.41, 5.74) is 1.49. The Morgan fingerprint density at radius 1 is 1.39 bits per heavy atom. The van der Waals surface area contributed by atoms with Crippen molar-refractivity contribution in [2.45, 2.75) is 0 Å². The van der Waals surface area contributed by atoms with E-state index < -0.39 is 5.97 Å². The van der Waals surface area contributed by atoms with Gasteiger partial charge in [-0.15, -0.1) is 0 Å². The molecule has 94 valence electrons. The van der Waals surface area contributed by atoms with Crippen molar-refractivity contribution in [3.63, 3.8) is 0 Å². The highest BCUT2D eigenvalue weighted by molar-refractivity contribution is 6.32. The van der Waals surface area contributed by atoms with Gasteiger partial charge < -0.3 is 14.5 Å². The van der Waals surface area contributed by atoms with Crippen molar-refractivity contribution in [2.75, 3.05) is 14.2 Å². The summed E-state index contributed by atoms with van der Waals surface area (Å²) in [6.45, 7) is 0. The van der Waals surface area contributed by atoms with Crippen molar-refractivity contribution < 1.29 is 14.3 Å². The molecule has 18 heavy (non-hydrogen) atoms. The Kier molecular flexibility index (Phi) is 3.53. The Balaban J connectivity index is 2.34. The van der Waals surface area contributed by atoms with E-state index in [0.29, 0.717) is 16.5 Å². The zero-order valence-corrected chi connectivity index (χ0v) is 10.6. The van der Waals surface area contributed by atoms with Gasteiger partial charge in [0.1, 0.15) is 5.75 Å². The smallest absolute Gasteiger partial charge is 0.374 e. The van der Waals surface area contributed by atoms with Gasteiger partial charge in [-0.25, -0.2) is 9.78 Å². The number of methoxy groups -OCH3 is 2. The number of nitrogens with zero attached hydrogens (tertiary/aromatic N) is 1. The number of aromatic amines is 1. The van der Waals surface area contributed by atoms with E-state index in [9.17, 15) is 4.79 Å². The van der Waals surface area contributed by atoms with Crippen LogP contribution in [0.4, 0.5) is 0 Å². The lowest BCUT2D eigenvalue weighted by Crippen LogP contribution is -2.03.